The molecule has 5 aromatic rings. The molecule has 202 valence electrons. The van der Waals surface area contributed by atoms with Crippen molar-refractivity contribution in [2.24, 2.45) is 0 Å². The first-order chi connectivity index (χ1) is 18.9. The zero-order valence-corrected chi connectivity index (χ0v) is 21.1. The van der Waals surface area contributed by atoms with Gasteiger partial charge in [-0.2, -0.15) is 8.78 Å². The van der Waals surface area contributed by atoms with Gasteiger partial charge in [-0.1, -0.05) is 12.5 Å². The van der Waals surface area contributed by atoms with Crippen LogP contribution in [-0.4, -0.2) is 54.8 Å². The maximum atomic E-state index is 14.8. The van der Waals surface area contributed by atoms with Crippen LogP contribution >= 0.6 is 0 Å². The number of likely N-dealkylation sites (tertiary alicyclic amines) is 1. The Balaban J connectivity index is 0.000000384. The lowest BCUT2D eigenvalue weighted by atomic mass is 10.1. The minimum atomic E-state index is -2.86. The molecule has 6 rings (SSSR count). The van der Waals surface area contributed by atoms with Gasteiger partial charge in [0.05, 0.1) is 28.8 Å². The predicted molar refractivity (Wildman–Crippen MR) is 139 cm³/mol. The number of piperidine rings is 1. The number of H-pyrrole nitrogens is 1. The van der Waals surface area contributed by atoms with Crippen LogP contribution in [0, 0.1) is 5.82 Å². The molecule has 12 heteroatoms. The fraction of sp³-hybridized carbons (Fsp3) is 0.296. The number of nitrogens with one attached hydrogen (secondary N) is 1. The fourth-order valence-corrected chi connectivity index (χ4v) is 4.38. The van der Waals surface area contributed by atoms with Gasteiger partial charge in [-0.3, -0.25) is 14.5 Å². The number of alkyl halides is 2. The van der Waals surface area contributed by atoms with Crippen molar-refractivity contribution in [3.05, 3.63) is 82.9 Å². The molecule has 1 saturated heterocycles. The molecule has 0 unspecified atom stereocenters. The van der Waals surface area contributed by atoms with E-state index in [0.717, 1.165) is 0 Å². The predicted octanol–water partition coefficient (Wildman–Crippen LogP) is 5.06. The summed E-state index contributed by atoms with van der Waals surface area (Å²) >= 11 is 0. The highest BCUT2D eigenvalue weighted by atomic mass is 19.3. The molecular weight excluding hydrogens is 511 g/mol. The van der Waals surface area contributed by atoms with Gasteiger partial charge in [0.15, 0.2) is 0 Å². The Kier molecular flexibility index (Phi) is 7.82. The average molecular weight is 538 g/mol. The van der Waals surface area contributed by atoms with Crippen LogP contribution in [0.25, 0.3) is 33.6 Å². The molecule has 1 N–H and O–H groups in total. The smallest absolute Gasteiger partial charge is 0.326 e. The van der Waals surface area contributed by atoms with Crippen molar-refractivity contribution < 1.29 is 17.6 Å². The van der Waals surface area contributed by atoms with Gasteiger partial charge in [0.1, 0.15) is 5.82 Å². The van der Waals surface area contributed by atoms with Gasteiger partial charge in [0.2, 0.25) is 5.89 Å². The van der Waals surface area contributed by atoms with E-state index in [1.165, 1.54) is 49.2 Å². The Morgan fingerprint density at radius 1 is 1.05 bits per heavy atom. The second-order valence-corrected chi connectivity index (χ2v) is 9.26. The summed E-state index contributed by atoms with van der Waals surface area (Å²) in [5, 5.41) is 6.84. The molecule has 0 amide bonds. The first-order valence-corrected chi connectivity index (χ1v) is 12.5. The topological polar surface area (TPSA) is 106 Å². The average Bonchev–Trinajstić information content (AvgIpc) is 3.55. The molecule has 1 aliphatic rings. The number of hydrogen-bond donors (Lipinski definition) is 1. The highest BCUT2D eigenvalue weighted by molar-refractivity contribution is 5.82. The second-order valence-electron chi connectivity index (χ2n) is 9.26. The standard InChI is InChI=1S/C21H13F3N6O2.C6H13N/c22-15-7-17-16(6-14(15)11-2-1-5-25-8-11)27-21(31)30(17)10-13-4-3-12(9-26-13)19-28-29-20(32-19)18(23)24;1-7-5-3-2-4-6-7/h1-9,18H,10H2,(H,27,31);2-6H2,1H3. The van der Waals surface area contributed by atoms with Gasteiger partial charge in [-0.25, -0.2) is 9.18 Å². The summed E-state index contributed by atoms with van der Waals surface area (Å²) in [6, 6.07) is 9.43. The fourth-order valence-electron chi connectivity index (χ4n) is 4.38. The molecule has 9 nitrogen and oxygen atoms in total. The molecule has 4 aromatic heterocycles. The molecule has 39 heavy (non-hydrogen) atoms. The molecule has 1 fully saturated rings. The molecule has 0 saturated carbocycles. The lowest BCUT2D eigenvalue weighted by molar-refractivity contribution is 0.116. The minimum absolute atomic E-state index is 0.0664. The molecule has 0 atom stereocenters. The third-order valence-electron chi connectivity index (χ3n) is 6.43. The summed E-state index contributed by atoms with van der Waals surface area (Å²) in [6.45, 7) is 2.71. The normalized spacial score (nSPS) is 14.0. The molecular formula is C27H26F3N7O2. The Bertz CT molecular complexity index is 1590. The number of aromatic nitrogens is 6. The summed E-state index contributed by atoms with van der Waals surface area (Å²) in [7, 11) is 2.19. The lowest BCUT2D eigenvalue weighted by Crippen LogP contribution is -2.24. The number of halogens is 3. The molecule has 1 aliphatic heterocycles. The number of fused-ring (bicyclic) bond motifs is 1. The van der Waals surface area contributed by atoms with Gasteiger partial charge in [-0.15, -0.1) is 10.2 Å². The number of imidazole rings is 1. The number of nitrogens with zero attached hydrogens (tertiary/aromatic N) is 6. The van der Waals surface area contributed by atoms with Crippen molar-refractivity contribution in [1.29, 1.82) is 0 Å². The Morgan fingerprint density at radius 3 is 2.49 bits per heavy atom. The summed E-state index contributed by atoms with van der Waals surface area (Å²) < 4.78 is 46.3. The maximum Gasteiger partial charge on any atom is 0.326 e. The Morgan fingerprint density at radius 2 is 1.87 bits per heavy atom. The van der Waals surface area contributed by atoms with Crippen LogP contribution < -0.4 is 5.69 Å². The van der Waals surface area contributed by atoms with Crippen LogP contribution in [0.15, 0.2) is 64.2 Å². The monoisotopic (exact) mass is 537 g/mol. The minimum Gasteiger partial charge on any atom is -0.415 e. The Hall–Kier alpha value is -4.32. The zero-order valence-electron chi connectivity index (χ0n) is 21.1. The van der Waals surface area contributed by atoms with E-state index < -0.39 is 23.8 Å². The van der Waals surface area contributed by atoms with E-state index in [9.17, 15) is 18.0 Å². The van der Waals surface area contributed by atoms with Crippen molar-refractivity contribution in [2.45, 2.75) is 32.2 Å². The van der Waals surface area contributed by atoms with E-state index in [0.29, 0.717) is 33.4 Å². The number of rotatable bonds is 5. The van der Waals surface area contributed by atoms with Crippen molar-refractivity contribution >= 4 is 11.0 Å². The van der Waals surface area contributed by atoms with Crippen molar-refractivity contribution in [2.75, 3.05) is 20.1 Å². The van der Waals surface area contributed by atoms with Gasteiger partial charge >= 0.3 is 12.1 Å². The van der Waals surface area contributed by atoms with Crippen LogP contribution in [0.1, 0.15) is 37.3 Å². The third-order valence-corrected chi connectivity index (χ3v) is 6.43. The number of benzene rings is 1. The van der Waals surface area contributed by atoms with Crippen molar-refractivity contribution in [3.8, 4) is 22.6 Å². The molecule has 0 aliphatic carbocycles. The quantitative estimate of drug-likeness (QED) is 0.334. The molecule has 0 spiro atoms. The molecule has 1 aromatic carbocycles. The van der Waals surface area contributed by atoms with E-state index in [1.54, 1.807) is 42.7 Å². The third kappa shape index (κ3) is 6.06. The van der Waals surface area contributed by atoms with Gasteiger partial charge in [0.25, 0.3) is 5.89 Å². The maximum absolute atomic E-state index is 14.8. The zero-order chi connectivity index (χ0) is 27.4. The highest BCUT2D eigenvalue weighted by Crippen LogP contribution is 2.27. The van der Waals surface area contributed by atoms with Crippen molar-refractivity contribution in [3.63, 3.8) is 0 Å². The van der Waals surface area contributed by atoms with Crippen molar-refractivity contribution in [1.82, 2.24) is 34.6 Å². The summed E-state index contributed by atoms with van der Waals surface area (Å²) in [5.41, 5.74) is 2.18. The van der Waals surface area contributed by atoms with Crippen LogP contribution in [0.5, 0.6) is 0 Å². The summed E-state index contributed by atoms with van der Waals surface area (Å²) in [4.78, 5) is 25.8. The highest BCUT2D eigenvalue weighted by Gasteiger charge is 2.18. The van der Waals surface area contributed by atoms with E-state index in [2.05, 4.69) is 37.1 Å². The van der Waals surface area contributed by atoms with Crippen LogP contribution in [0.4, 0.5) is 13.2 Å². The summed E-state index contributed by atoms with van der Waals surface area (Å²) in [5.74, 6) is -1.36. The van der Waals surface area contributed by atoms with Crippen LogP contribution in [0.3, 0.4) is 0 Å². The lowest BCUT2D eigenvalue weighted by Gasteiger charge is -2.20. The Labute approximate surface area is 221 Å². The van der Waals surface area contributed by atoms with Crippen LogP contribution in [-0.2, 0) is 6.54 Å². The van der Waals surface area contributed by atoms with E-state index in [1.807, 2.05) is 0 Å². The van der Waals surface area contributed by atoms with Gasteiger partial charge in [0, 0.05) is 35.8 Å². The van der Waals surface area contributed by atoms with Gasteiger partial charge in [-0.05, 0) is 57.2 Å². The number of aromatic amines is 1. The van der Waals surface area contributed by atoms with Gasteiger partial charge < -0.3 is 14.3 Å². The molecule has 0 radical (unpaired) electrons. The van der Waals surface area contributed by atoms with Crippen LogP contribution in [0.2, 0.25) is 0 Å². The molecule has 5 heterocycles. The number of hydrogen-bond acceptors (Lipinski definition) is 7. The molecule has 0 bridgehead atoms. The van der Waals surface area contributed by atoms with E-state index in [-0.39, 0.29) is 12.4 Å². The van der Waals surface area contributed by atoms with E-state index in [4.69, 9.17) is 4.42 Å². The number of pyridine rings is 2. The van der Waals surface area contributed by atoms with E-state index >= 15 is 0 Å². The summed E-state index contributed by atoms with van der Waals surface area (Å²) in [6.07, 6.45) is 5.91. The second kappa shape index (κ2) is 11.6. The first-order valence-electron chi connectivity index (χ1n) is 12.5. The SMILES string of the molecule is CN1CCCCC1.O=c1[nH]c2cc(-c3cccnc3)c(F)cc2n1Cc1ccc(-c2nnc(C(F)F)o2)cn1. The first kappa shape index (κ1) is 26.3. The largest absolute Gasteiger partial charge is 0.415 e.